The first-order valence-electron chi connectivity index (χ1n) is 33.6. The molecule has 0 spiro atoms. The van der Waals surface area contributed by atoms with Crippen LogP contribution in [-0.4, -0.2) is 28.2 Å². The van der Waals surface area contributed by atoms with E-state index in [1.165, 1.54) is 33.9 Å². The van der Waals surface area contributed by atoms with Crippen LogP contribution in [0.3, 0.4) is 0 Å². The van der Waals surface area contributed by atoms with Crippen molar-refractivity contribution in [3.05, 3.63) is 350 Å². The molecule has 0 aliphatic carbocycles. The van der Waals surface area contributed by atoms with Crippen LogP contribution in [0.15, 0.2) is 316 Å². The molecule has 0 aliphatic heterocycles. The lowest BCUT2D eigenvalue weighted by molar-refractivity contribution is 1.16. The Hall–Kier alpha value is -14.7. The second-order valence-electron chi connectivity index (χ2n) is 25.7. The molecule has 6 heterocycles. The van der Waals surface area contributed by atoms with Gasteiger partial charge in [0.15, 0.2) is 0 Å². The summed E-state index contributed by atoms with van der Waals surface area (Å²) in [7, 11) is 0. The van der Waals surface area contributed by atoms with Crippen LogP contribution >= 0.6 is 0 Å². The van der Waals surface area contributed by atoms with E-state index in [1.807, 2.05) is 24.3 Å². The molecule has 0 radical (unpaired) electrons. The van der Waals surface area contributed by atoms with Crippen molar-refractivity contribution in [2.75, 3.05) is 0 Å². The van der Waals surface area contributed by atoms with Gasteiger partial charge in [0.1, 0.15) is 6.07 Å². The summed E-state index contributed by atoms with van der Waals surface area (Å²) < 4.78 is 9.49. The number of nitriles is 2. The number of nitrogens with zero attached hydrogens (tertiary/aromatic N) is 10. The number of aromatic nitrogens is 6. The molecule has 19 rings (SSSR count). The summed E-state index contributed by atoms with van der Waals surface area (Å²) in [6, 6.07) is 112. The predicted octanol–water partition coefficient (Wildman–Crippen LogP) is 23.7. The molecule has 0 amide bonds. The standard InChI is InChI=1S/C92H52N10/c1-95-65-46-64(54-94)91(98-56-65)62-23-15-19-58(44-62)76-51-79(61-22-18-26-67(48-61)100-88-38-14-8-32-75(88)81-50-69(40-42-90(81)100)102-85-35-11-5-29-72(85)73-30-6-12-36-86(73)102)77(59-20-16-24-63(45-59)92-82(96-2)43-57(53-93)55-97-92)52-78(76)60-21-17-25-66(47-60)99-87-37-13-7-31-74(87)80-49-68(39-41-89(80)99)101-83-33-9-3-27-70(83)71-28-4-10-34-84(71)101/h3-52,55-56H. The Morgan fingerprint density at radius 2 is 0.618 bits per heavy atom. The molecule has 0 bridgehead atoms. The van der Waals surface area contributed by atoms with Crippen LogP contribution in [-0.2, 0) is 0 Å². The SMILES string of the molecule is [C-]#[N+]c1cnc(-c2cccc(-c3cc(-c4cccc(-n5c6ccccc6c6cc(-n7c8ccccc8c8ccccc87)ccc65)c4)c(-c4cccc(-c5ncc(C#N)cc5[N+]#[C-])c4)cc3-c3cccc(-n4c5ccccc5c5cc(-n6c7ccccc7c7ccccc76)ccc54)c3)c2)c(C#N)c1. The van der Waals surface area contributed by atoms with E-state index in [-0.39, 0.29) is 11.4 Å². The van der Waals surface area contributed by atoms with Gasteiger partial charge in [-0.3, -0.25) is 9.97 Å². The molecule has 0 N–H and O–H groups in total. The van der Waals surface area contributed by atoms with Gasteiger partial charge in [0.2, 0.25) is 11.4 Å². The summed E-state index contributed by atoms with van der Waals surface area (Å²) in [6.45, 7) is 16.1. The number of fused-ring (bicyclic) bond motifs is 12. The van der Waals surface area contributed by atoms with Crippen LogP contribution in [0.25, 0.3) is 187 Å². The van der Waals surface area contributed by atoms with E-state index in [0.717, 1.165) is 144 Å². The second-order valence-corrected chi connectivity index (χ2v) is 25.7. The Morgan fingerprint density at radius 1 is 0.275 bits per heavy atom. The van der Waals surface area contributed by atoms with Crippen LogP contribution in [0.1, 0.15) is 11.1 Å². The molecule has 0 unspecified atom stereocenters. The molecule has 102 heavy (non-hydrogen) atoms. The Bertz CT molecular complexity index is 6440. The minimum atomic E-state index is 0.283. The maximum atomic E-state index is 10.6. The van der Waals surface area contributed by atoms with E-state index in [9.17, 15) is 10.5 Å². The molecular formula is C92H52N10. The molecule has 13 aromatic carbocycles. The Labute approximate surface area is 585 Å². The number of rotatable bonds is 10. The number of para-hydroxylation sites is 6. The van der Waals surface area contributed by atoms with E-state index in [4.69, 9.17) is 23.1 Å². The Kier molecular flexibility index (Phi) is 13.5. The minimum absolute atomic E-state index is 0.283. The minimum Gasteiger partial charge on any atom is -0.309 e. The van der Waals surface area contributed by atoms with Crippen LogP contribution in [0, 0.1) is 35.8 Å². The monoisotopic (exact) mass is 1300 g/mol. The van der Waals surface area contributed by atoms with Gasteiger partial charge in [0.25, 0.3) is 0 Å². The van der Waals surface area contributed by atoms with Crippen LogP contribution in [0.5, 0.6) is 0 Å². The number of pyridine rings is 2. The molecule has 0 atom stereocenters. The number of hydrogen-bond acceptors (Lipinski definition) is 4. The van der Waals surface area contributed by atoms with Crippen LogP contribution < -0.4 is 0 Å². The van der Waals surface area contributed by atoms with Crippen LogP contribution in [0.2, 0.25) is 0 Å². The van der Waals surface area contributed by atoms with E-state index < -0.39 is 0 Å². The Morgan fingerprint density at radius 3 is 1.01 bits per heavy atom. The van der Waals surface area contributed by atoms with Gasteiger partial charge in [0, 0.05) is 83.8 Å². The van der Waals surface area contributed by atoms with Gasteiger partial charge < -0.3 is 18.3 Å². The van der Waals surface area contributed by atoms with E-state index >= 15 is 0 Å². The van der Waals surface area contributed by atoms with Crippen molar-refractivity contribution in [1.29, 1.82) is 10.5 Å². The lowest BCUT2D eigenvalue weighted by Crippen LogP contribution is -1.98. The van der Waals surface area contributed by atoms with Gasteiger partial charge in [0.05, 0.1) is 85.9 Å². The summed E-state index contributed by atoms with van der Waals surface area (Å²) in [5.74, 6) is 0. The maximum absolute atomic E-state index is 10.6. The van der Waals surface area contributed by atoms with Crippen molar-refractivity contribution < 1.29 is 0 Å². The van der Waals surface area contributed by atoms with E-state index in [1.54, 1.807) is 12.1 Å². The fraction of sp³-hybridized carbons (Fsp3) is 0. The van der Waals surface area contributed by atoms with Crippen LogP contribution in [0.4, 0.5) is 11.4 Å². The van der Waals surface area contributed by atoms with E-state index in [2.05, 4.69) is 307 Å². The summed E-state index contributed by atoms with van der Waals surface area (Å²) in [6.07, 6.45) is 3.05. The van der Waals surface area contributed by atoms with Crippen molar-refractivity contribution in [3.8, 4) is 102 Å². The highest BCUT2D eigenvalue weighted by Crippen LogP contribution is 2.47. The summed E-state index contributed by atoms with van der Waals surface area (Å²) >= 11 is 0. The normalized spacial score (nSPS) is 11.5. The fourth-order valence-electron chi connectivity index (χ4n) is 15.7. The van der Waals surface area contributed by atoms with Crippen molar-refractivity contribution in [2.24, 2.45) is 0 Å². The highest BCUT2D eigenvalue weighted by atomic mass is 15.0. The van der Waals surface area contributed by atoms with Gasteiger partial charge >= 0.3 is 0 Å². The Balaban J connectivity index is 0.839. The summed E-state index contributed by atoms with van der Waals surface area (Å²) in [5.41, 5.74) is 23.9. The molecule has 0 fully saturated rings. The van der Waals surface area contributed by atoms with Gasteiger partial charge in [-0.1, -0.05) is 170 Å². The van der Waals surface area contributed by atoms with Gasteiger partial charge in [-0.25, -0.2) is 9.69 Å². The lowest BCUT2D eigenvalue weighted by atomic mass is 9.84. The molecule has 10 heteroatoms. The lowest BCUT2D eigenvalue weighted by Gasteiger charge is -2.20. The summed E-state index contributed by atoms with van der Waals surface area (Å²) in [4.78, 5) is 17.0. The molecule has 10 nitrogen and oxygen atoms in total. The first-order chi connectivity index (χ1) is 50.4. The van der Waals surface area contributed by atoms with E-state index in [0.29, 0.717) is 22.5 Å². The fourth-order valence-corrected chi connectivity index (χ4v) is 15.7. The highest BCUT2D eigenvalue weighted by molar-refractivity contribution is 6.15. The topological polar surface area (TPSA) is 102 Å². The van der Waals surface area contributed by atoms with Crippen molar-refractivity contribution >= 4 is 98.6 Å². The molecule has 19 aromatic rings. The third-order valence-electron chi connectivity index (χ3n) is 20.1. The van der Waals surface area contributed by atoms with Crippen molar-refractivity contribution in [2.45, 2.75) is 0 Å². The molecular weight excluding hydrogens is 1250 g/mol. The quantitative estimate of drug-likeness (QED) is 0.127. The third kappa shape index (κ3) is 9.31. The average Bonchev–Trinajstić information content (AvgIpc) is 1.45. The smallest absolute Gasteiger partial charge is 0.214 e. The third-order valence-corrected chi connectivity index (χ3v) is 20.1. The average molecular weight is 1300 g/mol. The first-order valence-corrected chi connectivity index (χ1v) is 33.6. The second kappa shape index (κ2) is 23.6. The van der Waals surface area contributed by atoms with Gasteiger partial charge in [-0.05, 0) is 184 Å². The molecule has 470 valence electrons. The first kappa shape index (κ1) is 58.7. The molecule has 0 saturated heterocycles. The maximum Gasteiger partial charge on any atom is 0.214 e. The molecule has 0 saturated carbocycles. The number of benzene rings is 13. The largest absolute Gasteiger partial charge is 0.309 e. The summed E-state index contributed by atoms with van der Waals surface area (Å²) in [5, 5.41) is 29.9. The zero-order valence-electron chi connectivity index (χ0n) is 54.5. The zero-order chi connectivity index (χ0) is 68.1. The highest BCUT2D eigenvalue weighted by Gasteiger charge is 2.24. The van der Waals surface area contributed by atoms with Crippen molar-refractivity contribution in [1.82, 2.24) is 28.2 Å². The van der Waals surface area contributed by atoms with Crippen molar-refractivity contribution in [3.63, 3.8) is 0 Å². The molecule has 6 aromatic heterocycles. The molecule has 0 aliphatic rings. The zero-order valence-corrected chi connectivity index (χ0v) is 54.5. The number of hydrogen-bond donors (Lipinski definition) is 0. The van der Waals surface area contributed by atoms with Gasteiger partial charge in [-0.2, -0.15) is 10.5 Å². The predicted molar refractivity (Wildman–Crippen MR) is 414 cm³/mol. The van der Waals surface area contributed by atoms with Gasteiger partial charge in [-0.15, -0.1) is 0 Å².